The van der Waals surface area contributed by atoms with Gasteiger partial charge >= 0.3 is 12.5 Å². The van der Waals surface area contributed by atoms with E-state index in [4.69, 9.17) is 0 Å². The van der Waals surface area contributed by atoms with Gasteiger partial charge in [-0.1, -0.05) is 0 Å². The third-order valence-corrected chi connectivity index (χ3v) is 3.22. The number of imidazole rings is 1. The Labute approximate surface area is 131 Å². The summed E-state index contributed by atoms with van der Waals surface area (Å²) in [6.07, 6.45) is -7.10. The van der Waals surface area contributed by atoms with E-state index in [0.29, 0.717) is 11.3 Å². The zero-order chi connectivity index (χ0) is 17.5. The second-order valence-corrected chi connectivity index (χ2v) is 4.86. The SMILES string of the molecule is FC(F)(F)Oc1ccc(-c2cnc3ccc(C(F)(F)F)cn23)cc1. The predicted octanol–water partition coefficient (Wildman–Crippen LogP) is 4.92. The van der Waals surface area contributed by atoms with Crippen LogP contribution < -0.4 is 4.74 Å². The normalized spacial score (nSPS) is 12.6. The average molecular weight is 346 g/mol. The Bertz CT molecular complexity index is 864. The van der Waals surface area contributed by atoms with Gasteiger partial charge in [0.25, 0.3) is 0 Å². The van der Waals surface area contributed by atoms with E-state index in [0.717, 1.165) is 24.4 Å². The van der Waals surface area contributed by atoms with Gasteiger partial charge < -0.3 is 4.74 Å². The van der Waals surface area contributed by atoms with Crippen LogP contribution in [0.4, 0.5) is 26.3 Å². The number of nitrogens with zero attached hydrogens (tertiary/aromatic N) is 2. The number of aromatic nitrogens is 2. The van der Waals surface area contributed by atoms with E-state index >= 15 is 0 Å². The predicted molar refractivity (Wildman–Crippen MR) is 72.3 cm³/mol. The van der Waals surface area contributed by atoms with E-state index in [1.807, 2.05) is 0 Å². The highest BCUT2D eigenvalue weighted by Gasteiger charge is 2.32. The molecule has 0 N–H and O–H groups in total. The lowest BCUT2D eigenvalue weighted by atomic mass is 10.1. The number of benzene rings is 1. The van der Waals surface area contributed by atoms with Crippen molar-refractivity contribution in [3.8, 4) is 17.0 Å². The molecule has 9 heteroatoms. The molecule has 126 valence electrons. The second kappa shape index (κ2) is 5.43. The molecule has 0 amide bonds. The largest absolute Gasteiger partial charge is 0.573 e. The first-order valence-corrected chi connectivity index (χ1v) is 6.54. The highest BCUT2D eigenvalue weighted by Crippen LogP contribution is 2.31. The summed E-state index contributed by atoms with van der Waals surface area (Å²) >= 11 is 0. The van der Waals surface area contributed by atoms with Gasteiger partial charge in [-0.2, -0.15) is 13.2 Å². The zero-order valence-corrected chi connectivity index (χ0v) is 11.7. The molecule has 0 fully saturated rings. The van der Waals surface area contributed by atoms with E-state index < -0.39 is 23.9 Å². The number of pyridine rings is 1. The molecule has 0 saturated heterocycles. The van der Waals surface area contributed by atoms with Gasteiger partial charge in [0.05, 0.1) is 17.5 Å². The lowest BCUT2D eigenvalue weighted by Gasteiger charge is -2.10. The number of fused-ring (bicyclic) bond motifs is 1. The van der Waals surface area contributed by atoms with Crippen LogP contribution in [0.2, 0.25) is 0 Å². The van der Waals surface area contributed by atoms with Crippen molar-refractivity contribution in [2.45, 2.75) is 12.5 Å². The van der Waals surface area contributed by atoms with Crippen molar-refractivity contribution in [3.63, 3.8) is 0 Å². The molecule has 0 unspecified atom stereocenters. The van der Waals surface area contributed by atoms with Gasteiger partial charge in [0, 0.05) is 11.8 Å². The minimum Gasteiger partial charge on any atom is -0.406 e. The summed E-state index contributed by atoms with van der Waals surface area (Å²) < 4.78 is 79.8. The quantitative estimate of drug-likeness (QED) is 0.616. The first kappa shape index (κ1) is 16.2. The van der Waals surface area contributed by atoms with Crippen molar-refractivity contribution in [1.82, 2.24) is 9.38 Å². The molecule has 3 rings (SSSR count). The number of halogens is 6. The molecule has 24 heavy (non-hydrogen) atoms. The number of rotatable bonds is 2. The van der Waals surface area contributed by atoms with Gasteiger partial charge in [-0.15, -0.1) is 13.2 Å². The van der Waals surface area contributed by atoms with Crippen LogP contribution in [0.3, 0.4) is 0 Å². The summed E-state index contributed by atoms with van der Waals surface area (Å²) in [5, 5.41) is 0. The third-order valence-electron chi connectivity index (χ3n) is 3.22. The molecule has 0 radical (unpaired) electrons. The highest BCUT2D eigenvalue weighted by molar-refractivity contribution is 5.64. The lowest BCUT2D eigenvalue weighted by Crippen LogP contribution is -2.16. The molecule has 0 saturated carbocycles. The molecule has 2 aromatic heterocycles. The van der Waals surface area contributed by atoms with Crippen LogP contribution in [0.15, 0.2) is 48.8 Å². The van der Waals surface area contributed by atoms with Crippen molar-refractivity contribution >= 4 is 5.65 Å². The Morgan fingerprint density at radius 2 is 1.54 bits per heavy atom. The van der Waals surface area contributed by atoms with Crippen LogP contribution in [-0.2, 0) is 6.18 Å². The van der Waals surface area contributed by atoms with E-state index in [1.54, 1.807) is 0 Å². The standard InChI is InChI=1S/C15H8F6N2O/c16-14(17,18)10-3-6-13-22-7-12(23(13)8-10)9-1-4-11(5-2-9)24-15(19,20)21/h1-8H. The highest BCUT2D eigenvalue weighted by atomic mass is 19.4. The molecule has 0 bridgehead atoms. The van der Waals surface area contributed by atoms with E-state index in [-0.39, 0.29) is 5.65 Å². The minimum absolute atomic E-state index is 0.286. The number of hydrogen-bond acceptors (Lipinski definition) is 2. The Hall–Kier alpha value is -2.71. The monoisotopic (exact) mass is 346 g/mol. The van der Waals surface area contributed by atoms with Gasteiger partial charge in [0.1, 0.15) is 11.4 Å². The maximum absolute atomic E-state index is 12.8. The first-order chi connectivity index (χ1) is 11.1. The van der Waals surface area contributed by atoms with Gasteiger partial charge in [0.2, 0.25) is 0 Å². The molecule has 0 atom stereocenters. The van der Waals surface area contributed by atoms with Crippen LogP contribution in [0.1, 0.15) is 5.56 Å². The van der Waals surface area contributed by atoms with Crippen molar-refractivity contribution in [3.05, 3.63) is 54.4 Å². The Morgan fingerprint density at radius 3 is 2.12 bits per heavy atom. The van der Waals surface area contributed by atoms with Crippen molar-refractivity contribution < 1.29 is 31.1 Å². The maximum atomic E-state index is 12.8. The molecule has 0 aliphatic carbocycles. The summed E-state index contributed by atoms with van der Waals surface area (Å²) in [4.78, 5) is 3.98. The fourth-order valence-corrected chi connectivity index (χ4v) is 2.19. The van der Waals surface area contributed by atoms with Crippen LogP contribution in [0.5, 0.6) is 5.75 Å². The Morgan fingerprint density at radius 1 is 0.875 bits per heavy atom. The molecule has 0 spiro atoms. The topological polar surface area (TPSA) is 26.5 Å². The maximum Gasteiger partial charge on any atom is 0.573 e. The number of alkyl halides is 6. The van der Waals surface area contributed by atoms with E-state index in [1.165, 1.54) is 28.8 Å². The van der Waals surface area contributed by atoms with Crippen LogP contribution in [-0.4, -0.2) is 15.7 Å². The lowest BCUT2D eigenvalue weighted by molar-refractivity contribution is -0.274. The number of ether oxygens (including phenoxy) is 1. The molecule has 2 heterocycles. The smallest absolute Gasteiger partial charge is 0.406 e. The van der Waals surface area contributed by atoms with Crippen LogP contribution in [0.25, 0.3) is 16.9 Å². The van der Waals surface area contributed by atoms with Gasteiger partial charge in [-0.05, 0) is 36.4 Å². The second-order valence-electron chi connectivity index (χ2n) is 4.86. The molecule has 0 aliphatic rings. The third kappa shape index (κ3) is 3.29. The Kier molecular flexibility index (Phi) is 3.66. The molecule has 0 aliphatic heterocycles. The Balaban J connectivity index is 2.00. The fourth-order valence-electron chi connectivity index (χ4n) is 2.19. The molecular weight excluding hydrogens is 338 g/mol. The van der Waals surface area contributed by atoms with Gasteiger partial charge in [-0.3, -0.25) is 4.40 Å². The summed E-state index contributed by atoms with van der Waals surface area (Å²) in [6, 6.07) is 6.90. The van der Waals surface area contributed by atoms with E-state index in [2.05, 4.69) is 9.72 Å². The summed E-state index contributed by atoms with van der Waals surface area (Å²) in [5.41, 5.74) is 0.144. The number of hydrogen-bond donors (Lipinski definition) is 0. The van der Waals surface area contributed by atoms with Crippen LogP contribution in [0, 0.1) is 0 Å². The fraction of sp³-hybridized carbons (Fsp3) is 0.133. The van der Waals surface area contributed by atoms with Crippen molar-refractivity contribution in [2.24, 2.45) is 0 Å². The molecular formula is C15H8F6N2O. The molecule has 1 aromatic carbocycles. The van der Waals surface area contributed by atoms with Crippen LogP contribution >= 0.6 is 0 Å². The first-order valence-electron chi connectivity index (χ1n) is 6.54. The summed E-state index contributed by atoms with van der Waals surface area (Å²) in [7, 11) is 0. The minimum atomic E-state index is -4.81. The van der Waals surface area contributed by atoms with E-state index in [9.17, 15) is 26.3 Å². The zero-order valence-electron chi connectivity index (χ0n) is 11.7. The van der Waals surface area contributed by atoms with Crippen molar-refractivity contribution in [1.29, 1.82) is 0 Å². The van der Waals surface area contributed by atoms with Gasteiger partial charge in [0.15, 0.2) is 0 Å². The average Bonchev–Trinajstić information content (AvgIpc) is 2.88. The molecule has 3 aromatic rings. The van der Waals surface area contributed by atoms with Gasteiger partial charge in [-0.25, -0.2) is 4.98 Å². The molecule has 3 nitrogen and oxygen atoms in total. The van der Waals surface area contributed by atoms with Crippen molar-refractivity contribution in [2.75, 3.05) is 0 Å². The summed E-state index contributed by atoms with van der Waals surface area (Å²) in [5.74, 6) is -0.420. The summed E-state index contributed by atoms with van der Waals surface area (Å²) in [6.45, 7) is 0.